The van der Waals surface area contributed by atoms with E-state index in [1.54, 1.807) is 35.0 Å². The van der Waals surface area contributed by atoms with Crippen LogP contribution in [-0.2, 0) is 16.1 Å². The van der Waals surface area contributed by atoms with E-state index in [0.29, 0.717) is 22.6 Å². The number of likely N-dealkylation sites (tertiary alicyclic amines) is 1. The zero-order valence-corrected chi connectivity index (χ0v) is 19.5. The van der Waals surface area contributed by atoms with E-state index in [1.165, 1.54) is 14.2 Å². The Morgan fingerprint density at radius 3 is 2.38 bits per heavy atom. The van der Waals surface area contributed by atoms with Gasteiger partial charge in [0.05, 0.1) is 25.5 Å². The quantitative estimate of drug-likeness (QED) is 0.424. The van der Waals surface area contributed by atoms with Gasteiger partial charge < -0.3 is 24.3 Å². The predicted octanol–water partition coefficient (Wildman–Crippen LogP) is 3.88. The van der Waals surface area contributed by atoms with Gasteiger partial charge >= 0.3 is 0 Å². The number of amides is 2. The summed E-state index contributed by atoms with van der Waals surface area (Å²) in [5, 5.41) is 3.26. The van der Waals surface area contributed by atoms with E-state index < -0.39 is 11.7 Å². The Bertz CT molecular complexity index is 1210. The van der Waals surface area contributed by atoms with Gasteiger partial charge in [0.2, 0.25) is 5.91 Å². The lowest BCUT2D eigenvalue weighted by Crippen LogP contribution is -2.34. The molecule has 1 aromatic heterocycles. The molecule has 8 heteroatoms. The van der Waals surface area contributed by atoms with Crippen molar-refractivity contribution in [1.82, 2.24) is 9.47 Å². The number of fused-ring (bicyclic) bond motifs is 1. The Morgan fingerprint density at radius 2 is 1.68 bits per heavy atom. The SMILES string of the molecule is COc1ccc(OC)c(NC(=O)C(=O)c2cn(CC(=O)N3CCCCCC3)c3ccccc23)c1. The second kappa shape index (κ2) is 10.4. The summed E-state index contributed by atoms with van der Waals surface area (Å²) in [5.41, 5.74) is 1.32. The number of ether oxygens (including phenoxy) is 2. The molecule has 0 aliphatic carbocycles. The molecule has 0 spiro atoms. The Balaban J connectivity index is 1.59. The van der Waals surface area contributed by atoms with E-state index in [9.17, 15) is 14.4 Å². The molecule has 2 heterocycles. The molecule has 1 saturated heterocycles. The van der Waals surface area contributed by atoms with Crippen molar-refractivity contribution in [1.29, 1.82) is 0 Å². The second-order valence-electron chi connectivity index (χ2n) is 8.33. The fourth-order valence-electron chi connectivity index (χ4n) is 4.34. The van der Waals surface area contributed by atoms with Crippen LogP contribution in [0.3, 0.4) is 0 Å². The van der Waals surface area contributed by atoms with E-state index >= 15 is 0 Å². The van der Waals surface area contributed by atoms with Gasteiger partial charge in [0.1, 0.15) is 18.0 Å². The highest BCUT2D eigenvalue weighted by molar-refractivity contribution is 6.48. The van der Waals surface area contributed by atoms with Crippen LogP contribution in [0.2, 0.25) is 0 Å². The summed E-state index contributed by atoms with van der Waals surface area (Å²) >= 11 is 0. The fraction of sp³-hybridized carbons (Fsp3) is 0.346. The Kier molecular flexibility index (Phi) is 7.15. The molecule has 1 aliphatic rings. The lowest BCUT2D eigenvalue weighted by Gasteiger charge is -2.20. The molecule has 1 N–H and O–H groups in total. The largest absolute Gasteiger partial charge is 0.497 e. The van der Waals surface area contributed by atoms with Crippen molar-refractivity contribution in [2.75, 3.05) is 32.6 Å². The highest BCUT2D eigenvalue weighted by atomic mass is 16.5. The minimum Gasteiger partial charge on any atom is -0.497 e. The number of aromatic nitrogens is 1. The number of hydrogen-bond acceptors (Lipinski definition) is 5. The molecule has 1 fully saturated rings. The van der Waals surface area contributed by atoms with Crippen LogP contribution in [0.5, 0.6) is 11.5 Å². The monoisotopic (exact) mass is 463 g/mol. The van der Waals surface area contributed by atoms with Crippen molar-refractivity contribution in [3.63, 3.8) is 0 Å². The molecular weight excluding hydrogens is 434 g/mol. The van der Waals surface area contributed by atoms with Crippen molar-refractivity contribution >= 4 is 34.2 Å². The molecule has 0 radical (unpaired) electrons. The maximum absolute atomic E-state index is 13.2. The highest BCUT2D eigenvalue weighted by Gasteiger charge is 2.24. The lowest BCUT2D eigenvalue weighted by molar-refractivity contribution is -0.131. The van der Waals surface area contributed by atoms with Crippen LogP contribution in [0.15, 0.2) is 48.7 Å². The smallest absolute Gasteiger partial charge is 0.296 e. The van der Waals surface area contributed by atoms with Crippen LogP contribution in [0.1, 0.15) is 36.0 Å². The second-order valence-corrected chi connectivity index (χ2v) is 8.33. The zero-order valence-electron chi connectivity index (χ0n) is 19.5. The van der Waals surface area contributed by atoms with Crippen molar-refractivity contribution in [2.45, 2.75) is 32.2 Å². The summed E-state index contributed by atoms with van der Waals surface area (Å²) in [4.78, 5) is 40.9. The highest BCUT2D eigenvalue weighted by Crippen LogP contribution is 2.29. The maximum Gasteiger partial charge on any atom is 0.296 e. The van der Waals surface area contributed by atoms with Crippen LogP contribution in [0, 0.1) is 0 Å². The lowest BCUT2D eigenvalue weighted by atomic mass is 10.1. The van der Waals surface area contributed by atoms with Crippen molar-refractivity contribution < 1.29 is 23.9 Å². The van der Waals surface area contributed by atoms with Crippen LogP contribution < -0.4 is 14.8 Å². The van der Waals surface area contributed by atoms with Crippen LogP contribution in [-0.4, -0.2) is 54.4 Å². The first-order valence-electron chi connectivity index (χ1n) is 11.4. The first-order chi connectivity index (χ1) is 16.5. The van der Waals surface area contributed by atoms with Crippen molar-refractivity contribution in [2.24, 2.45) is 0 Å². The van der Waals surface area contributed by atoms with Gasteiger partial charge in [-0.15, -0.1) is 0 Å². The number of hydrogen-bond donors (Lipinski definition) is 1. The number of benzene rings is 2. The van der Waals surface area contributed by atoms with E-state index in [2.05, 4.69) is 5.32 Å². The molecule has 178 valence electrons. The van der Waals surface area contributed by atoms with Gasteiger partial charge in [-0.3, -0.25) is 14.4 Å². The normalized spacial score (nSPS) is 13.9. The molecule has 2 aromatic carbocycles. The number of methoxy groups -OCH3 is 2. The van der Waals surface area contributed by atoms with Gasteiger partial charge in [-0.2, -0.15) is 0 Å². The molecular formula is C26H29N3O5. The topological polar surface area (TPSA) is 89.9 Å². The van der Waals surface area contributed by atoms with E-state index in [-0.39, 0.29) is 18.0 Å². The molecule has 4 rings (SSSR count). The Labute approximate surface area is 198 Å². The van der Waals surface area contributed by atoms with Gasteiger partial charge in [0.25, 0.3) is 11.7 Å². The van der Waals surface area contributed by atoms with Crippen LogP contribution in [0.25, 0.3) is 10.9 Å². The van der Waals surface area contributed by atoms with Gasteiger partial charge in [-0.05, 0) is 31.0 Å². The predicted molar refractivity (Wildman–Crippen MR) is 129 cm³/mol. The van der Waals surface area contributed by atoms with Crippen LogP contribution in [0.4, 0.5) is 5.69 Å². The van der Waals surface area contributed by atoms with E-state index in [4.69, 9.17) is 9.47 Å². The summed E-state index contributed by atoms with van der Waals surface area (Å²) in [6.07, 6.45) is 5.90. The van der Waals surface area contributed by atoms with Gasteiger partial charge in [0.15, 0.2) is 0 Å². The third kappa shape index (κ3) is 4.90. The zero-order chi connectivity index (χ0) is 24.1. The average molecular weight is 464 g/mol. The maximum atomic E-state index is 13.2. The Hall–Kier alpha value is -3.81. The summed E-state index contributed by atoms with van der Waals surface area (Å²) in [5.74, 6) is -0.540. The molecule has 0 unspecified atom stereocenters. The number of nitrogens with zero attached hydrogens (tertiary/aromatic N) is 2. The Morgan fingerprint density at radius 1 is 0.941 bits per heavy atom. The molecule has 0 atom stereocenters. The summed E-state index contributed by atoms with van der Waals surface area (Å²) in [7, 11) is 2.99. The third-order valence-corrected chi connectivity index (χ3v) is 6.16. The molecule has 2 amide bonds. The number of carbonyl (C=O) groups is 3. The summed E-state index contributed by atoms with van der Waals surface area (Å²) in [6.45, 7) is 1.64. The molecule has 0 bridgehead atoms. The molecule has 34 heavy (non-hydrogen) atoms. The first kappa shape index (κ1) is 23.4. The van der Waals surface area contributed by atoms with E-state index in [1.807, 2.05) is 23.1 Å². The van der Waals surface area contributed by atoms with Gasteiger partial charge in [-0.1, -0.05) is 31.0 Å². The third-order valence-electron chi connectivity index (χ3n) is 6.16. The first-order valence-corrected chi connectivity index (χ1v) is 11.4. The number of para-hydroxylation sites is 1. The minimum atomic E-state index is -0.798. The van der Waals surface area contributed by atoms with E-state index in [0.717, 1.165) is 44.3 Å². The van der Waals surface area contributed by atoms with Crippen molar-refractivity contribution in [3.05, 3.63) is 54.2 Å². The average Bonchev–Trinajstić information content (AvgIpc) is 3.02. The van der Waals surface area contributed by atoms with Gasteiger partial charge in [-0.25, -0.2) is 0 Å². The standard InChI is InChI=1S/C26H29N3O5/c1-33-18-11-12-23(34-2)21(15-18)27-26(32)25(31)20-16-29(22-10-6-5-9-19(20)22)17-24(30)28-13-7-3-4-8-14-28/h5-6,9-12,15-16H,3-4,7-8,13-14,17H2,1-2H3,(H,27,32). The molecule has 8 nitrogen and oxygen atoms in total. The van der Waals surface area contributed by atoms with Gasteiger partial charge in [0, 0.05) is 36.3 Å². The number of rotatable bonds is 7. The summed E-state index contributed by atoms with van der Waals surface area (Å²) in [6, 6.07) is 12.2. The summed E-state index contributed by atoms with van der Waals surface area (Å²) < 4.78 is 12.3. The minimum absolute atomic E-state index is 0.0206. The molecule has 1 aliphatic heterocycles. The number of Topliss-reactive ketones (excluding diaryl/α,β-unsaturated/α-hetero) is 1. The number of carbonyl (C=O) groups excluding carboxylic acids is 3. The number of ketones is 1. The number of anilines is 1. The van der Waals surface area contributed by atoms with Crippen molar-refractivity contribution in [3.8, 4) is 11.5 Å². The molecule has 0 saturated carbocycles. The van der Waals surface area contributed by atoms with Crippen LogP contribution >= 0.6 is 0 Å². The number of nitrogens with one attached hydrogen (secondary N) is 1. The fourth-order valence-corrected chi connectivity index (χ4v) is 4.34. The molecule has 3 aromatic rings.